The molecule has 6 aliphatic heterocycles. The predicted molar refractivity (Wildman–Crippen MR) is 308 cm³/mol. The first-order valence-electron chi connectivity index (χ1n) is 26.0. The van der Waals surface area contributed by atoms with Gasteiger partial charge in [-0.3, -0.25) is 0 Å². The van der Waals surface area contributed by atoms with E-state index < -0.39 is 0 Å². The molecule has 0 aliphatic carbocycles. The Bertz CT molecular complexity index is 4990. The summed E-state index contributed by atoms with van der Waals surface area (Å²) in [4.78, 5) is 4.80. The van der Waals surface area contributed by atoms with E-state index in [0.717, 1.165) is 57.1 Å². The lowest BCUT2D eigenvalue weighted by Crippen LogP contribution is -2.66. The second kappa shape index (κ2) is 12.8. The summed E-state index contributed by atoms with van der Waals surface area (Å²) < 4.78 is 21.2. The fourth-order valence-corrected chi connectivity index (χ4v) is 15.1. The number of rotatable bonds is 2. The van der Waals surface area contributed by atoms with Crippen molar-refractivity contribution < 1.29 is 9.47 Å². The van der Waals surface area contributed by atoms with Crippen LogP contribution < -0.4 is 52.1 Å². The lowest BCUT2D eigenvalue weighted by atomic mass is 9.30. The van der Waals surface area contributed by atoms with E-state index in [1.807, 2.05) is 0 Å². The fourth-order valence-electron chi connectivity index (χ4n) is 15.1. The number of aromatic nitrogens is 3. The van der Waals surface area contributed by atoms with E-state index in [2.05, 4.69) is 236 Å². The average Bonchev–Trinajstić information content (AvgIpc) is 4.32. The topological polar surface area (TPSA) is 39.7 Å². The molecule has 0 radical (unpaired) electrons. The van der Waals surface area contributed by atoms with Gasteiger partial charge in [0.05, 0.1) is 33.8 Å². The number of hydrogen-bond donors (Lipinski definition) is 0. The third-order valence-electron chi connectivity index (χ3n) is 17.7. The second-order valence-electron chi connectivity index (χ2n) is 21.1. The van der Waals surface area contributed by atoms with E-state index in [0.29, 0.717) is 0 Å². The smallest absolute Gasteiger partial charge is 0.252 e. The lowest BCUT2D eigenvalue weighted by Gasteiger charge is -2.41. The molecule has 0 bridgehead atoms. The van der Waals surface area contributed by atoms with Crippen LogP contribution in [0.15, 0.2) is 212 Å². The zero-order valence-electron chi connectivity index (χ0n) is 39.9. The van der Waals surface area contributed by atoms with Crippen LogP contribution in [0.25, 0.3) is 82.5 Å². The number of para-hydroxylation sites is 12. The summed E-state index contributed by atoms with van der Waals surface area (Å²) in [5.74, 6) is 3.34. The summed E-state index contributed by atoms with van der Waals surface area (Å²) in [6.07, 6.45) is 0. The van der Waals surface area contributed by atoms with Crippen molar-refractivity contribution in [2.45, 2.75) is 0 Å². The van der Waals surface area contributed by atoms with E-state index in [-0.39, 0.29) is 13.4 Å². The zero-order valence-corrected chi connectivity index (χ0v) is 39.9. The minimum absolute atomic E-state index is 0.0425. The lowest BCUT2D eigenvalue weighted by molar-refractivity contribution is 0.477. The molecular formula is C66H35B2N5O2. The van der Waals surface area contributed by atoms with Crippen molar-refractivity contribution in [2.75, 3.05) is 9.80 Å². The van der Waals surface area contributed by atoms with Gasteiger partial charge in [-0.15, -0.1) is 0 Å². The maximum absolute atomic E-state index is 6.68. The third kappa shape index (κ3) is 4.30. The molecule has 0 amide bonds. The molecule has 3 aromatic heterocycles. The molecule has 9 heterocycles. The molecule has 7 nitrogen and oxygen atoms in total. The van der Waals surface area contributed by atoms with Gasteiger partial charge in [-0.05, 0) is 124 Å². The van der Waals surface area contributed by atoms with Crippen LogP contribution in [0, 0.1) is 0 Å². The Balaban J connectivity index is 0.976. The quantitative estimate of drug-likeness (QED) is 0.162. The first-order chi connectivity index (χ1) is 37.2. The minimum Gasteiger partial charge on any atom is -0.453 e. The second-order valence-corrected chi connectivity index (χ2v) is 21.1. The van der Waals surface area contributed by atoms with Gasteiger partial charge in [0.1, 0.15) is 0 Å². The number of benzene rings is 11. The number of fused-ring (bicyclic) bond motifs is 17. The van der Waals surface area contributed by atoms with Gasteiger partial charge in [0, 0.05) is 82.8 Å². The number of anilines is 6. The zero-order chi connectivity index (χ0) is 48.1. The van der Waals surface area contributed by atoms with Crippen molar-refractivity contribution in [3.05, 3.63) is 212 Å². The van der Waals surface area contributed by atoms with Crippen LogP contribution in [-0.2, 0) is 0 Å². The average molecular weight is 952 g/mol. The van der Waals surface area contributed by atoms with Crippen molar-refractivity contribution in [1.29, 1.82) is 0 Å². The van der Waals surface area contributed by atoms with Crippen LogP contribution in [0.1, 0.15) is 0 Å². The van der Waals surface area contributed by atoms with E-state index in [4.69, 9.17) is 9.47 Å². The molecule has 14 aromatic rings. The Morgan fingerprint density at radius 2 is 0.707 bits per heavy atom. The molecule has 0 saturated carbocycles. The highest BCUT2D eigenvalue weighted by atomic mass is 16.5. The number of hydrogen-bond acceptors (Lipinski definition) is 4. The van der Waals surface area contributed by atoms with Crippen LogP contribution in [0.2, 0.25) is 0 Å². The Kier molecular flexibility index (Phi) is 6.48. The molecule has 0 atom stereocenters. The summed E-state index contributed by atoms with van der Waals surface area (Å²) in [6.45, 7) is -0.0364. The third-order valence-corrected chi connectivity index (χ3v) is 17.7. The highest BCUT2D eigenvalue weighted by Crippen LogP contribution is 2.54. The molecule has 0 fully saturated rings. The highest BCUT2D eigenvalue weighted by molar-refractivity contribution is 7.04. The summed E-state index contributed by atoms with van der Waals surface area (Å²) in [5, 5.41) is 7.59. The molecule has 20 rings (SSSR count). The van der Waals surface area contributed by atoms with Gasteiger partial charge >= 0.3 is 0 Å². The first kappa shape index (κ1) is 37.9. The van der Waals surface area contributed by atoms with Gasteiger partial charge in [-0.1, -0.05) is 121 Å². The molecule has 11 aromatic carbocycles. The molecule has 342 valence electrons. The van der Waals surface area contributed by atoms with Crippen molar-refractivity contribution in [3.8, 4) is 40.1 Å². The Morgan fingerprint density at radius 1 is 0.280 bits per heavy atom. The molecule has 9 heteroatoms. The maximum Gasteiger partial charge on any atom is 0.252 e. The molecule has 0 N–H and O–H groups in total. The Morgan fingerprint density at radius 3 is 1.28 bits per heavy atom. The van der Waals surface area contributed by atoms with Crippen molar-refractivity contribution >= 4 is 146 Å². The normalized spacial score (nSPS) is 14.2. The predicted octanol–water partition coefficient (Wildman–Crippen LogP) is 12.4. The summed E-state index contributed by atoms with van der Waals surface area (Å²) in [7, 11) is 0. The summed E-state index contributed by atoms with van der Waals surface area (Å²) in [6, 6.07) is 78.7. The maximum atomic E-state index is 6.68. The Labute approximate surface area is 429 Å². The van der Waals surface area contributed by atoms with E-state index >= 15 is 0 Å². The van der Waals surface area contributed by atoms with Gasteiger partial charge in [-0.25, -0.2) is 0 Å². The van der Waals surface area contributed by atoms with Gasteiger partial charge in [-0.2, -0.15) is 0 Å². The van der Waals surface area contributed by atoms with Crippen LogP contribution in [-0.4, -0.2) is 27.1 Å². The van der Waals surface area contributed by atoms with Crippen LogP contribution in [0.4, 0.5) is 34.1 Å². The highest BCUT2D eigenvalue weighted by Gasteiger charge is 2.49. The van der Waals surface area contributed by atoms with Crippen molar-refractivity contribution in [1.82, 2.24) is 13.7 Å². The minimum atomic E-state index is -0.0788. The standard InChI is InChI=1S/C66H35B2N5O2/c1-2-21-48-38(14-1)39-15-11-18-44-62(39)71(48)54-35-55-61-66-60(54)67(44)45-19-12-16-40-41-17-13-20-46(64(41)73(66)63(40)45)68(61)47-34-37(70-52-24-5-9-28-58(52)75-59-29-10-6-25-53(59)70)33-43-42-32-36(30-31-49(42)72(55)65(43)47)69-50-22-3-7-26-56(50)74-57-27-8-4-23-51(57)69/h1-35H. The molecular weight excluding hydrogens is 916 g/mol. The molecule has 0 saturated heterocycles. The molecule has 75 heavy (non-hydrogen) atoms. The fraction of sp³-hybridized carbons (Fsp3) is 0. The monoisotopic (exact) mass is 951 g/mol. The van der Waals surface area contributed by atoms with Crippen molar-refractivity contribution in [2.24, 2.45) is 0 Å². The summed E-state index contributed by atoms with van der Waals surface area (Å²) in [5.41, 5.74) is 25.8. The van der Waals surface area contributed by atoms with Gasteiger partial charge in [0.15, 0.2) is 23.0 Å². The van der Waals surface area contributed by atoms with Crippen molar-refractivity contribution in [3.63, 3.8) is 0 Å². The van der Waals surface area contributed by atoms with E-state index in [1.165, 1.54) is 115 Å². The van der Waals surface area contributed by atoms with Gasteiger partial charge in [0.25, 0.3) is 13.4 Å². The SMILES string of the molecule is c1ccc2c(c1)Oc1ccccc1N2c1ccc2c(c1)c1cc(N3c4ccccc4Oc4ccccc43)cc3c1n2-c1cc2c4c5c1B3c1cccc3c6cccc(c6n-5c13)B4c1cccc3c4ccccc4n-2c13. The molecule has 6 aliphatic rings. The first-order valence-corrected chi connectivity index (χ1v) is 26.0. The van der Waals surface area contributed by atoms with Gasteiger partial charge < -0.3 is 33.0 Å². The van der Waals surface area contributed by atoms with Crippen LogP contribution in [0.3, 0.4) is 0 Å². The van der Waals surface area contributed by atoms with Gasteiger partial charge in [0.2, 0.25) is 0 Å². The molecule has 0 spiro atoms. The van der Waals surface area contributed by atoms with Crippen LogP contribution >= 0.6 is 0 Å². The largest absolute Gasteiger partial charge is 0.453 e. The number of ether oxygens (including phenoxy) is 2. The van der Waals surface area contributed by atoms with E-state index in [9.17, 15) is 0 Å². The molecule has 0 unspecified atom stereocenters. The Hall–Kier alpha value is -9.85. The summed E-state index contributed by atoms with van der Waals surface area (Å²) >= 11 is 0. The van der Waals surface area contributed by atoms with E-state index in [1.54, 1.807) is 0 Å². The van der Waals surface area contributed by atoms with Crippen LogP contribution in [0.5, 0.6) is 23.0 Å². The number of nitrogens with zero attached hydrogens (tertiary/aromatic N) is 5.